The molecule has 1 aromatic carbocycles. The van der Waals surface area contributed by atoms with Gasteiger partial charge in [0.2, 0.25) is 0 Å². The van der Waals surface area contributed by atoms with E-state index in [9.17, 15) is 5.11 Å². The van der Waals surface area contributed by atoms with Crippen LogP contribution in [0.1, 0.15) is 17.2 Å². The van der Waals surface area contributed by atoms with Crippen LogP contribution < -0.4 is 15.2 Å². The van der Waals surface area contributed by atoms with Gasteiger partial charge in [0.15, 0.2) is 11.5 Å². The third-order valence-electron chi connectivity index (χ3n) is 3.10. The number of aliphatic hydroxyl groups is 1. The van der Waals surface area contributed by atoms with E-state index in [0.29, 0.717) is 41.7 Å². The summed E-state index contributed by atoms with van der Waals surface area (Å²) in [5, 5.41) is 10.5. The van der Waals surface area contributed by atoms with Crippen molar-refractivity contribution >= 4 is 21.7 Å². The highest BCUT2D eigenvalue weighted by Gasteiger charge is 2.21. The lowest BCUT2D eigenvalue weighted by Gasteiger charge is -2.22. The maximum atomic E-state index is 10.5. The van der Waals surface area contributed by atoms with E-state index < -0.39 is 6.10 Å². The van der Waals surface area contributed by atoms with Crippen molar-refractivity contribution in [1.82, 2.24) is 4.98 Å². The van der Waals surface area contributed by atoms with Gasteiger partial charge in [-0.25, -0.2) is 4.98 Å². The second-order valence-corrected chi connectivity index (χ2v) is 5.26. The molecule has 2 aromatic rings. The summed E-state index contributed by atoms with van der Waals surface area (Å²) in [5.41, 5.74) is 7.03. The van der Waals surface area contributed by atoms with Crippen molar-refractivity contribution in [3.8, 4) is 11.5 Å². The monoisotopic (exact) mass is 336 g/mol. The first kappa shape index (κ1) is 13.2. The van der Waals surface area contributed by atoms with E-state index in [1.165, 1.54) is 0 Å². The van der Waals surface area contributed by atoms with Crippen molar-refractivity contribution in [2.24, 2.45) is 0 Å². The highest BCUT2D eigenvalue weighted by atomic mass is 79.9. The van der Waals surface area contributed by atoms with Gasteiger partial charge in [-0.15, -0.1) is 0 Å². The molecule has 104 valence electrons. The predicted octanol–water partition coefficient (Wildman–Crippen LogP) is 2.28. The van der Waals surface area contributed by atoms with Gasteiger partial charge in [-0.1, -0.05) is 6.07 Å². The first-order chi connectivity index (χ1) is 9.66. The number of hydrogen-bond acceptors (Lipinski definition) is 5. The van der Waals surface area contributed by atoms with Crippen LogP contribution in [0.5, 0.6) is 11.5 Å². The van der Waals surface area contributed by atoms with Crippen molar-refractivity contribution in [2.45, 2.75) is 6.10 Å². The molecule has 0 saturated carbocycles. The highest BCUT2D eigenvalue weighted by Crippen LogP contribution is 2.41. The molecule has 0 amide bonds. The minimum atomic E-state index is -0.865. The molecule has 6 heteroatoms. The highest BCUT2D eigenvalue weighted by molar-refractivity contribution is 9.10. The largest absolute Gasteiger partial charge is 0.486 e. The number of aromatic nitrogens is 1. The molecule has 1 atom stereocenters. The van der Waals surface area contributed by atoms with E-state index in [1.54, 1.807) is 30.5 Å². The Labute approximate surface area is 124 Å². The molecule has 1 unspecified atom stereocenters. The Morgan fingerprint density at radius 3 is 2.90 bits per heavy atom. The lowest BCUT2D eigenvalue weighted by molar-refractivity contribution is 0.168. The molecule has 0 bridgehead atoms. The van der Waals surface area contributed by atoms with Crippen LogP contribution >= 0.6 is 15.9 Å². The van der Waals surface area contributed by atoms with Gasteiger partial charge in [-0.3, -0.25) is 0 Å². The number of hydrogen-bond donors (Lipinski definition) is 2. The summed E-state index contributed by atoms with van der Waals surface area (Å²) in [6.07, 6.45) is 0.724. The Hall–Kier alpha value is -1.79. The van der Waals surface area contributed by atoms with Gasteiger partial charge in [0, 0.05) is 11.8 Å². The third kappa shape index (κ3) is 2.32. The number of halogens is 1. The fourth-order valence-corrected chi connectivity index (χ4v) is 2.70. The van der Waals surface area contributed by atoms with Gasteiger partial charge in [0.25, 0.3) is 0 Å². The van der Waals surface area contributed by atoms with Crippen molar-refractivity contribution in [2.75, 3.05) is 18.9 Å². The van der Waals surface area contributed by atoms with Gasteiger partial charge >= 0.3 is 0 Å². The fraction of sp³-hybridized carbons (Fsp3) is 0.214. The van der Waals surface area contributed by atoms with E-state index in [1.807, 2.05) is 0 Å². The maximum absolute atomic E-state index is 10.5. The van der Waals surface area contributed by atoms with Crippen molar-refractivity contribution in [3.63, 3.8) is 0 Å². The summed E-state index contributed by atoms with van der Waals surface area (Å²) < 4.78 is 11.8. The molecular weight excluding hydrogens is 324 g/mol. The Morgan fingerprint density at radius 2 is 2.10 bits per heavy atom. The van der Waals surface area contributed by atoms with Crippen LogP contribution in [0.3, 0.4) is 0 Å². The van der Waals surface area contributed by atoms with E-state index in [4.69, 9.17) is 15.2 Å². The number of benzene rings is 1. The molecule has 3 N–H and O–H groups in total. The molecule has 3 rings (SSSR count). The number of anilines is 1. The van der Waals surface area contributed by atoms with Crippen LogP contribution in [-0.4, -0.2) is 23.3 Å². The zero-order valence-corrected chi connectivity index (χ0v) is 12.1. The van der Waals surface area contributed by atoms with E-state index >= 15 is 0 Å². The number of nitrogens with zero attached hydrogens (tertiary/aromatic N) is 1. The summed E-state index contributed by atoms with van der Waals surface area (Å²) in [7, 11) is 0. The average molecular weight is 337 g/mol. The first-order valence-electron chi connectivity index (χ1n) is 6.14. The number of rotatable bonds is 2. The van der Waals surface area contributed by atoms with Gasteiger partial charge in [-0.05, 0) is 39.7 Å². The molecule has 1 aliphatic rings. The quantitative estimate of drug-likeness (QED) is 0.879. The summed E-state index contributed by atoms with van der Waals surface area (Å²) in [6.45, 7) is 1.01. The molecule has 0 saturated heterocycles. The van der Waals surface area contributed by atoms with Crippen molar-refractivity contribution < 1.29 is 14.6 Å². The Balaban J connectivity index is 2.02. The van der Waals surface area contributed by atoms with E-state index in [0.717, 1.165) is 4.47 Å². The number of fused-ring (bicyclic) bond motifs is 1. The smallest absolute Gasteiger partial charge is 0.175 e. The summed E-state index contributed by atoms with van der Waals surface area (Å²) in [4.78, 5) is 3.99. The second-order valence-electron chi connectivity index (χ2n) is 4.41. The van der Waals surface area contributed by atoms with Crippen LogP contribution in [0.15, 0.2) is 34.9 Å². The molecule has 1 aliphatic heterocycles. The number of nitrogens with two attached hydrogens (primary N) is 1. The first-order valence-corrected chi connectivity index (χ1v) is 6.93. The molecule has 0 aliphatic carbocycles. The SMILES string of the molecule is Nc1ncccc1C(O)c1cc(Br)c2c(c1)OCCO2. The summed E-state index contributed by atoms with van der Waals surface area (Å²) in [5.74, 6) is 1.58. The Bertz CT molecular complexity index is 648. The van der Waals surface area contributed by atoms with Crippen LogP contribution in [-0.2, 0) is 0 Å². The molecule has 0 radical (unpaired) electrons. The number of ether oxygens (including phenoxy) is 2. The number of nitrogen functional groups attached to an aromatic ring is 1. The zero-order valence-electron chi connectivity index (χ0n) is 10.5. The molecule has 1 aromatic heterocycles. The van der Waals surface area contributed by atoms with E-state index in [2.05, 4.69) is 20.9 Å². The molecule has 2 heterocycles. The normalized spacial score (nSPS) is 14.9. The molecule has 0 fully saturated rings. The molecule has 0 spiro atoms. The van der Waals surface area contributed by atoms with Gasteiger partial charge in [-0.2, -0.15) is 0 Å². The van der Waals surface area contributed by atoms with Gasteiger partial charge < -0.3 is 20.3 Å². The van der Waals surface area contributed by atoms with Crippen LogP contribution in [0.2, 0.25) is 0 Å². The third-order valence-corrected chi connectivity index (χ3v) is 3.69. The van der Waals surface area contributed by atoms with Crippen molar-refractivity contribution in [1.29, 1.82) is 0 Å². The van der Waals surface area contributed by atoms with Crippen LogP contribution in [0.25, 0.3) is 0 Å². The predicted molar refractivity (Wildman–Crippen MR) is 77.8 cm³/mol. The lowest BCUT2D eigenvalue weighted by Crippen LogP contribution is -2.16. The second kappa shape index (κ2) is 5.30. The number of pyridine rings is 1. The molecule has 20 heavy (non-hydrogen) atoms. The van der Waals surface area contributed by atoms with Gasteiger partial charge in [0.05, 0.1) is 4.47 Å². The van der Waals surface area contributed by atoms with Crippen LogP contribution in [0.4, 0.5) is 5.82 Å². The average Bonchev–Trinajstić information content (AvgIpc) is 2.47. The van der Waals surface area contributed by atoms with Crippen molar-refractivity contribution in [3.05, 3.63) is 46.1 Å². The summed E-state index contributed by atoms with van der Waals surface area (Å²) >= 11 is 3.43. The number of aliphatic hydroxyl groups excluding tert-OH is 1. The minimum absolute atomic E-state index is 0.311. The topological polar surface area (TPSA) is 77.6 Å². The molecule has 5 nitrogen and oxygen atoms in total. The Kier molecular flexibility index (Phi) is 3.50. The van der Waals surface area contributed by atoms with Crippen LogP contribution in [0, 0.1) is 0 Å². The molecular formula is C14H13BrN2O3. The lowest BCUT2D eigenvalue weighted by atomic mass is 10.0. The fourth-order valence-electron chi connectivity index (χ4n) is 2.13. The van der Waals surface area contributed by atoms with Gasteiger partial charge in [0.1, 0.15) is 25.1 Å². The summed E-state index contributed by atoms with van der Waals surface area (Å²) in [6, 6.07) is 7.04. The van der Waals surface area contributed by atoms with E-state index in [-0.39, 0.29) is 0 Å². The zero-order chi connectivity index (χ0) is 14.1. The minimum Gasteiger partial charge on any atom is -0.486 e. The maximum Gasteiger partial charge on any atom is 0.175 e. The standard InChI is InChI=1S/C14H13BrN2O3/c15-10-6-8(7-11-13(10)20-5-4-19-11)12(18)9-2-1-3-17-14(9)16/h1-3,6-7,12,18H,4-5H2,(H2,16,17). The Morgan fingerprint density at radius 1 is 1.30 bits per heavy atom.